The summed E-state index contributed by atoms with van der Waals surface area (Å²) in [5.74, 6) is -7.45. The molecule has 0 saturated heterocycles. The number of hydrogen-bond acceptors (Lipinski definition) is 16. The summed E-state index contributed by atoms with van der Waals surface area (Å²) >= 11 is -0.810. The SMILES string of the molecule is COOC[C@@H](C)C(=O)N=C(CO)C(=O)N[C@H](CO)C(=O)NCCCCN1/C(=C/C=C/C=C/C2=IN(CCCCCC(=O)NCCCCC(NC(=O)NC(CCC(=O)O)C(=O)O)C(=O)O)c3ccc(S(=O)(=O)O)cc3C2(C)C)C(C)(C)c2ccccc21. The van der Waals surface area contributed by atoms with Gasteiger partial charge in [-0.15, -0.1) is 0 Å². The van der Waals surface area contributed by atoms with E-state index in [0.29, 0.717) is 51.6 Å². The van der Waals surface area contributed by atoms with Crippen molar-refractivity contribution in [1.29, 1.82) is 0 Å². The monoisotopic (exact) mass is 1340 g/mol. The highest BCUT2D eigenvalue weighted by Gasteiger charge is 2.40. The Kier molecular flexibility index (Phi) is 28.6. The Bertz CT molecular complexity index is 3020. The Hall–Kier alpha value is -6.96. The second-order valence-electron chi connectivity index (χ2n) is 21.5. The summed E-state index contributed by atoms with van der Waals surface area (Å²) in [6.07, 6.45) is 13.2. The summed E-state index contributed by atoms with van der Waals surface area (Å²) in [6.45, 7) is 9.75. The van der Waals surface area contributed by atoms with Crippen LogP contribution in [-0.4, -0.2) is 167 Å². The highest BCUT2D eigenvalue weighted by atomic mass is 127. The van der Waals surface area contributed by atoms with Gasteiger partial charge in [0.2, 0.25) is 11.8 Å². The molecule has 11 N–H and O–H groups in total. The van der Waals surface area contributed by atoms with Crippen LogP contribution in [-0.2, 0) is 64.3 Å². The largest absolute Gasteiger partial charge is 0.481 e. The number of carboxylic acids is 3. The molecule has 0 bridgehead atoms. The lowest BCUT2D eigenvalue weighted by Gasteiger charge is -2.38. The van der Waals surface area contributed by atoms with Gasteiger partial charge in [-0.3, -0.25) is 28.5 Å². The predicted octanol–water partition coefficient (Wildman–Crippen LogP) is 4.35. The zero-order valence-electron chi connectivity index (χ0n) is 49.2. The van der Waals surface area contributed by atoms with Crippen LogP contribution in [0.3, 0.4) is 0 Å². The fourth-order valence-corrected chi connectivity index (χ4v) is 13.0. The van der Waals surface area contributed by atoms with E-state index in [-0.39, 0.29) is 48.8 Å². The first-order valence-corrected chi connectivity index (χ1v) is 31.6. The van der Waals surface area contributed by atoms with Gasteiger partial charge in [-0.1, -0.05) is 83.5 Å². The molecule has 4 rings (SSSR count). The number of rotatable bonds is 36. The maximum atomic E-state index is 13.0. The van der Waals surface area contributed by atoms with Crippen molar-refractivity contribution in [3.8, 4) is 0 Å². The number of urea groups is 1. The van der Waals surface area contributed by atoms with Crippen LogP contribution in [0.1, 0.15) is 116 Å². The number of carbonyl (C=O) groups is 8. The smallest absolute Gasteiger partial charge is 0.326 e. The number of halogens is 1. The van der Waals surface area contributed by atoms with E-state index < -0.39 is 134 Å². The van der Waals surface area contributed by atoms with Crippen LogP contribution >= 0.6 is 21.0 Å². The van der Waals surface area contributed by atoms with Crippen LogP contribution in [0.5, 0.6) is 0 Å². The van der Waals surface area contributed by atoms with E-state index in [0.717, 1.165) is 38.1 Å². The summed E-state index contributed by atoms with van der Waals surface area (Å²) in [5.41, 5.74) is 3.32. The zero-order valence-corrected chi connectivity index (χ0v) is 52.1. The van der Waals surface area contributed by atoms with Crippen LogP contribution in [0.25, 0.3) is 0 Å². The molecule has 2 aromatic carbocycles. The lowest BCUT2D eigenvalue weighted by molar-refractivity contribution is -0.277. The molecule has 2 aliphatic rings. The maximum Gasteiger partial charge on any atom is 0.326 e. The highest BCUT2D eigenvalue weighted by molar-refractivity contribution is 14.2. The summed E-state index contributed by atoms with van der Waals surface area (Å²) in [5, 5.41) is 59.5. The van der Waals surface area contributed by atoms with Gasteiger partial charge in [-0.2, -0.15) is 8.42 Å². The van der Waals surface area contributed by atoms with Crippen LogP contribution < -0.4 is 34.6 Å². The van der Waals surface area contributed by atoms with Gasteiger partial charge in [0.15, 0.2) is 0 Å². The molecule has 4 atom stereocenters. The van der Waals surface area contributed by atoms with E-state index in [4.69, 9.17) is 9.99 Å². The lowest BCUT2D eigenvalue weighted by Crippen LogP contribution is -2.51. The summed E-state index contributed by atoms with van der Waals surface area (Å²) in [6, 6.07) is 7.45. The van der Waals surface area contributed by atoms with Crippen LogP contribution in [0.15, 0.2) is 88.4 Å². The van der Waals surface area contributed by atoms with Crippen molar-refractivity contribution in [2.24, 2.45) is 10.9 Å². The molecule has 0 spiro atoms. The Labute approximate surface area is 510 Å². The normalized spacial score (nSPS) is 16.5. The van der Waals surface area contributed by atoms with Gasteiger partial charge in [-0.05, 0) is 92.8 Å². The number of nitrogens with zero attached hydrogens (tertiary/aromatic N) is 3. The number of aliphatic hydroxyl groups excluding tert-OH is 2. The molecular weight excluding hydrogens is 1260 g/mol. The summed E-state index contributed by atoms with van der Waals surface area (Å²) < 4.78 is 38.1. The minimum Gasteiger partial charge on any atom is -0.481 e. The van der Waals surface area contributed by atoms with Crippen LogP contribution in [0.4, 0.5) is 16.2 Å². The third-order valence-corrected chi connectivity index (χ3v) is 19.0. The van der Waals surface area contributed by atoms with E-state index in [2.05, 4.69) is 82.6 Å². The van der Waals surface area contributed by atoms with E-state index in [1.54, 1.807) is 6.07 Å². The second kappa shape index (κ2) is 34.4. The molecular formula is C58H81IN8O18S. The third kappa shape index (κ3) is 21.5. The molecule has 26 nitrogen and oxygen atoms in total. The average molecular weight is 1340 g/mol. The van der Waals surface area contributed by atoms with Gasteiger partial charge in [-0.25, -0.2) is 29.2 Å². The molecule has 0 saturated carbocycles. The maximum absolute atomic E-state index is 13.0. The number of fused-ring (bicyclic) bond motifs is 2. The summed E-state index contributed by atoms with van der Waals surface area (Å²) in [4.78, 5) is 112. The number of allylic oxidation sites excluding steroid dienone is 6. The first kappa shape index (κ1) is 71.5. The fourth-order valence-electron chi connectivity index (χ4n) is 9.36. The minimum atomic E-state index is -4.51. The number of benzene rings is 2. The number of aliphatic imine (C=N–C) groups is 1. The fraction of sp³-hybridized carbons (Fsp3) is 0.517. The number of hydrogen-bond donors (Lipinski definition) is 11. The molecule has 474 valence electrons. The Morgan fingerprint density at radius 2 is 1.40 bits per heavy atom. The van der Waals surface area contributed by atoms with Crippen LogP contribution in [0, 0.1) is 5.92 Å². The number of para-hydroxylation sites is 1. The van der Waals surface area contributed by atoms with Crippen molar-refractivity contribution < 1.29 is 86.6 Å². The Balaban J connectivity index is 1.35. The molecule has 28 heteroatoms. The average Bonchev–Trinajstić information content (AvgIpc) is 1.35. The topological polar surface area (TPSA) is 390 Å². The number of anilines is 2. The van der Waals surface area contributed by atoms with Crippen molar-refractivity contribution in [1.82, 2.24) is 26.6 Å². The number of aliphatic hydroxyl groups is 2. The zero-order chi connectivity index (χ0) is 63.8. The Morgan fingerprint density at radius 3 is 2.05 bits per heavy atom. The molecule has 6 amide bonds. The van der Waals surface area contributed by atoms with Gasteiger partial charge in [0.05, 0.1) is 37.7 Å². The number of nitrogens with one attached hydrogen (secondary N) is 5. The lowest BCUT2D eigenvalue weighted by atomic mass is 9.80. The summed E-state index contributed by atoms with van der Waals surface area (Å²) in [7, 11) is -3.24. The Morgan fingerprint density at radius 1 is 0.733 bits per heavy atom. The van der Waals surface area contributed by atoms with Crippen molar-refractivity contribution in [2.45, 2.75) is 139 Å². The van der Waals surface area contributed by atoms with E-state index in [1.165, 1.54) is 26.2 Å². The van der Waals surface area contributed by atoms with E-state index >= 15 is 0 Å². The van der Waals surface area contributed by atoms with Crippen molar-refractivity contribution in [3.63, 3.8) is 0 Å². The van der Waals surface area contributed by atoms with Crippen LogP contribution in [0.2, 0.25) is 0 Å². The molecule has 86 heavy (non-hydrogen) atoms. The van der Waals surface area contributed by atoms with E-state index in [9.17, 15) is 71.8 Å². The molecule has 2 aromatic rings. The predicted molar refractivity (Wildman–Crippen MR) is 328 cm³/mol. The van der Waals surface area contributed by atoms with Gasteiger partial charge in [0.25, 0.3) is 21.9 Å². The van der Waals surface area contributed by atoms with Gasteiger partial charge in [0.1, 0.15) is 23.8 Å². The minimum absolute atomic E-state index is 0.00825. The van der Waals surface area contributed by atoms with Gasteiger partial charge >= 0.3 is 23.9 Å². The molecule has 2 heterocycles. The number of carbonyl (C=O) groups excluding carboxylic acids is 5. The third-order valence-electron chi connectivity index (χ3n) is 14.3. The highest BCUT2D eigenvalue weighted by Crippen LogP contribution is 2.48. The number of amides is 6. The molecule has 0 aromatic heterocycles. The van der Waals surface area contributed by atoms with Crippen molar-refractivity contribution in [2.75, 3.05) is 61.1 Å². The first-order valence-electron chi connectivity index (χ1n) is 28.1. The molecule has 0 radical (unpaired) electrons. The number of aliphatic carboxylic acids is 3. The van der Waals surface area contributed by atoms with Crippen molar-refractivity contribution in [3.05, 3.63) is 89.7 Å². The standard InChI is InChI=1S/C58H81IN8O18S/c1-37(36-85-84-6)51(73)62-44(35-69)53(75)63-43(34-68)52(74)61-30-16-18-31-66-45-21-13-12-19-39(45)58(4,5)48(66)23-10-7-9-22-47-57(2,3)40-33-38(86(81,82)83)25-27-46(40)67(59-47)32-17-8-11-24-49(70)60-29-15-14-20-41(54(76)77)64-56(80)65-42(55(78)79)26-28-50(71)72/h7,9-10,12-13,19,21-23,25,27,33,37,41-43,68-69H,8,11,14-18,20,24,26,28-32,34-36H2,1-6H3,(H,60,70)(H,61,74)(H,63,75)(H,71,72)(H,76,77)(H,78,79)(H2,64,65,80)(H,81,82,83)/b10-7+,22-9+,48-23+,62-44?/t37-,41?,42?,43-/m1/s1. The molecule has 2 aliphatic heterocycles. The molecule has 0 aliphatic carbocycles. The van der Waals surface area contributed by atoms with Crippen molar-refractivity contribution >= 4 is 99.3 Å². The molecule has 0 fully saturated rings. The van der Waals surface area contributed by atoms with Gasteiger partial charge in [0, 0.05) is 91.4 Å². The second-order valence-corrected chi connectivity index (χ2v) is 25.7. The molecule has 2 unspecified atom stereocenters. The van der Waals surface area contributed by atoms with Gasteiger partial charge < -0.3 is 60.1 Å². The number of carboxylic acid groups (broad SMARTS) is 3. The number of unbranched alkanes of at least 4 members (excludes halogenated alkanes) is 4. The first-order chi connectivity index (χ1) is 40.7. The van der Waals surface area contributed by atoms with E-state index in [1.807, 2.05) is 44.2 Å². The quantitative estimate of drug-likeness (QED) is 0.00660.